The molecule has 0 saturated heterocycles. The van der Waals surface area contributed by atoms with Gasteiger partial charge in [0, 0.05) is 22.7 Å². The second-order valence-electron chi connectivity index (χ2n) is 4.78. The molecule has 20 heavy (non-hydrogen) atoms. The highest BCUT2D eigenvalue weighted by atomic mass is 32.2. The third-order valence-corrected chi connectivity index (χ3v) is 4.15. The van der Waals surface area contributed by atoms with Crippen molar-refractivity contribution in [2.24, 2.45) is 0 Å². The van der Waals surface area contributed by atoms with Gasteiger partial charge >= 0.3 is 0 Å². The number of anilines is 2. The average Bonchev–Trinajstić information content (AvgIpc) is 2.91. The summed E-state index contributed by atoms with van der Waals surface area (Å²) in [4.78, 5) is 13.4. The lowest BCUT2D eigenvalue weighted by Gasteiger charge is -2.12. The Morgan fingerprint density at radius 3 is 2.90 bits per heavy atom. The van der Waals surface area contributed by atoms with Crippen molar-refractivity contribution in [1.82, 2.24) is 0 Å². The van der Waals surface area contributed by atoms with Gasteiger partial charge in [0.15, 0.2) is 0 Å². The highest BCUT2D eigenvalue weighted by Gasteiger charge is 2.26. The number of hydrogen-bond donors (Lipinski definition) is 2. The fourth-order valence-electron chi connectivity index (χ4n) is 2.39. The van der Waals surface area contributed by atoms with Crippen LogP contribution in [0.2, 0.25) is 0 Å². The maximum Gasteiger partial charge on any atom is 0.247 e. The van der Waals surface area contributed by atoms with Crippen LogP contribution in [-0.4, -0.2) is 18.2 Å². The van der Waals surface area contributed by atoms with Gasteiger partial charge in [-0.25, -0.2) is 0 Å². The summed E-state index contributed by atoms with van der Waals surface area (Å²) in [5, 5.41) is 6.24. The van der Waals surface area contributed by atoms with Crippen molar-refractivity contribution in [2.75, 3.05) is 16.9 Å². The van der Waals surface area contributed by atoms with Crippen molar-refractivity contribution in [1.29, 1.82) is 0 Å². The van der Waals surface area contributed by atoms with Gasteiger partial charge in [-0.2, -0.15) is 0 Å². The number of nitrogens with one attached hydrogen (secondary N) is 2. The van der Waals surface area contributed by atoms with E-state index in [1.807, 2.05) is 48.7 Å². The number of carbonyl (C=O) groups excluding carboxylic acids is 1. The predicted octanol–water partition coefficient (Wildman–Crippen LogP) is 3.38. The van der Waals surface area contributed by atoms with Crippen molar-refractivity contribution in [3.63, 3.8) is 0 Å². The third kappa shape index (κ3) is 2.65. The van der Waals surface area contributed by atoms with Gasteiger partial charge < -0.3 is 10.6 Å². The van der Waals surface area contributed by atoms with Crippen LogP contribution in [-0.2, 0) is 11.2 Å². The van der Waals surface area contributed by atoms with E-state index < -0.39 is 0 Å². The summed E-state index contributed by atoms with van der Waals surface area (Å²) in [5.74, 6) is 0.0134. The fraction of sp³-hybridized carbons (Fsp3) is 0.188. The SMILES string of the molecule is CSc1cccc(NC(=O)C2Cc3ccccc3N2)c1. The smallest absolute Gasteiger partial charge is 0.247 e. The Balaban J connectivity index is 1.69. The number of hydrogen-bond acceptors (Lipinski definition) is 3. The van der Waals surface area contributed by atoms with E-state index in [0.29, 0.717) is 0 Å². The van der Waals surface area contributed by atoms with Crippen LogP contribution >= 0.6 is 11.8 Å². The standard InChI is InChI=1S/C16H16N2OS/c1-20-13-7-4-6-12(10-13)17-16(19)15-9-11-5-2-3-8-14(11)18-15/h2-8,10,15,18H,9H2,1H3,(H,17,19). The lowest BCUT2D eigenvalue weighted by molar-refractivity contribution is -0.116. The molecule has 1 unspecified atom stereocenters. The fourth-order valence-corrected chi connectivity index (χ4v) is 2.85. The van der Waals surface area contributed by atoms with E-state index >= 15 is 0 Å². The van der Waals surface area contributed by atoms with Crippen LogP contribution in [0.3, 0.4) is 0 Å². The Kier molecular flexibility index (Phi) is 3.65. The molecule has 102 valence electrons. The number of thioether (sulfide) groups is 1. The van der Waals surface area contributed by atoms with E-state index in [9.17, 15) is 4.79 Å². The molecule has 3 rings (SSSR count). The lowest BCUT2D eigenvalue weighted by atomic mass is 10.1. The number of fused-ring (bicyclic) bond motifs is 1. The molecule has 3 nitrogen and oxygen atoms in total. The number of para-hydroxylation sites is 1. The zero-order chi connectivity index (χ0) is 13.9. The molecule has 1 amide bonds. The van der Waals surface area contributed by atoms with Crippen molar-refractivity contribution >= 4 is 29.0 Å². The second-order valence-corrected chi connectivity index (χ2v) is 5.66. The second kappa shape index (κ2) is 5.59. The molecule has 0 radical (unpaired) electrons. The minimum absolute atomic E-state index is 0.0134. The molecule has 2 aromatic carbocycles. The molecule has 0 aromatic heterocycles. The quantitative estimate of drug-likeness (QED) is 0.849. The summed E-state index contributed by atoms with van der Waals surface area (Å²) in [6, 6.07) is 15.8. The normalized spacial score (nSPS) is 16.4. The van der Waals surface area contributed by atoms with Gasteiger partial charge in [-0.1, -0.05) is 24.3 Å². The first-order valence-corrected chi connectivity index (χ1v) is 7.78. The van der Waals surface area contributed by atoms with Crippen LogP contribution in [0.4, 0.5) is 11.4 Å². The molecule has 1 aliphatic rings. The Labute approximate surface area is 122 Å². The number of carbonyl (C=O) groups is 1. The first-order chi connectivity index (χ1) is 9.76. The van der Waals surface area contributed by atoms with E-state index in [1.165, 1.54) is 5.56 Å². The summed E-state index contributed by atoms with van der Waals surface area (Å²) in [7, 11) is 0. The summed E-state index contributed by atoms with van der Waals surface area (Å²) in [6.45, 7) is 0. The molecule has 0 spiro atoms. The Morgan fingerprint density at radius 2 is 2.10 bits per heavy atom. The highest BCUT2D eigenvalue weighted by molar-refractivity contribution is 7.98. The zero-order valence-electron chi connectivity index (χ0n) is 11.2. The number of amides is 1. The van der Waals surface area contributed by atoms with Gasteiger partial charge in [0.25, 0.3) is 0 Å². The van der Waals surface area contributed by atoms with E-state index in [4.69, 9.17) is 0 Å². The Hall–Kier alpha value is -1.94. The Bertz CT molecular complexity index is 617. The van der Waals surface area contributed by atoms with Crippen molar-refractivity contribution in [3.05, 3.63) is 54.1 Å². The molecule has 2 N–H and O–H groups in total. The zero-order valence-corrected chi connectivity index (χ0v) is 12.0. The van der Waals surface area contributed by atoms with Crippen LogP contribution in [0.15, 0.2) is 53.4 Å². The van der Waals surface area contributed by atoms with Crippen molar-refractivity contribution in [3.8, 4) is 0 Å². The minimum atomic E-state index is -0.190. The first-order valence-electron chi connectivity index (χ1n) is 6.55. The van der Waals surface area contributed by atoms with Crippen molar-refractivity contribution in [2.45, 2.75) is 17.4 Å². The first kappa shape index (κ1) is 13.1. The van der Waals surface area contributed by atoms with Gasteiger partial charge in [-0.15, -0.1) is 11.8 Å². The maximum atomic E-state index is 12.3. The van der Waals surface area contributed by atoms with Crippen LogP contribution in [0.5, 0.6) is 0 Å². The molecule has 2 aromatic rings. The molecular weight excluding hydrogens is 268 g/mol. The molecule has 1 atom stereocenters. The summed E-state index contributed by atoms with van der Waals surface area (Å²) >= 11 is 1.67. The molecule has 1 aliphatic heterocycles. The van der Waals surface area contributed by atoms with Gasteiger partial charge in [-0.3, -0.25) is 4.79 Å². The third-order valence-electron chi connectivity index (χ3n) is 3.42. The molecule has 4 heteroatoms. The van der Waals surface area contributed by atoms with E-state index in [0.717, 1.165) is 22.7 Å². The lowest BCUT2D eigenvalue weighted by Crippen LogP contribution is -2.32. The summed E-state index contributed by atoms with van der Waals surface area (Å²) in [5.41, 5.74) is 3.11. The molecule has 0 saturated carbocycles. The molecule has 1 heterocycles. The van der Waals surface area contributed by atoms with Gasteiger partial charge in [0.1, 0.15) is 6.04 Å². The van der Waals surface area contributed by atoms with E-state index in [2.05, 4.69) is 16.7 Å². The number of benzene rings is 2. The van der Waals surface area contributed by atoms with Crippen LogP contribution in [0.1, 0.15) is 5.56 Å². The topological polar surface area (TPSA) is 41.1 Å². The highest BCUT2D eigenvalue weighted by Crippen LogP contribution is 2.26. The molecule has 0 fully saturated rings. The van der Waals surface area contributed by atoms with Crippen LogP contribution < -0.4 is 10.6 Å². The number of rotatable bonds is 3. The Morgan fingerprint density at radius 1 is 1.25 bits per heavy atom. The maximum absolute atomic E-state index is 12.3. The summed E-state index contributed by atoms with van der Waals surface area (Å²) < 4.78 is 0. The van der Waals surface area contributed by atoms with Gasteiger partial charge in [0.05, 0.1) is 0 Å². The van der Waals surface area contributed by atoms with Crippen LogP contribution in [0.25, 0.3) is 0 Å². The van der Waals surface area contributed by atoms with Gasteiger partial charge in [0.2, 0.25) is 5.91 Å². The van der Waals surface area contributed by atoms with E-state index in [-0.39, 0.29) is 11.9 Å². The monoisotopic (exact) mass is 284 g/mol. The molecule has 0 aliphatic carbocycles. The van der Waals surface area contributed by atoms with Crippen molar-refractivity contribution < 1.29 is 4.79 Å². The van der Waals surface area contributed by atoms with Crippen LogP contribution in [0, 0.1) is 0 Å². The largest absolute Gasteiger partial charge is 0.373 e. The minimum Gasteiger partial charge on any atom is -0.373 e. The predicted molar refractivity (Wildman–Crippen MR) is 84.4 cm³/mol. The summed E-state index contributed by atoms with van der Waals surface area (Å²) in [6.07, 6.45) is 2.76. The average molecular weight is 284 g/mol. The van der Waals surface area contributed by atoms with E-state index in [1.54, 1.807) is 11.8 Å². The molecule has 0 bridgehead atoms. The molecular formula is C16H16N2OS. The van der Waals surface area contributed by atoms with Gasteiger partial charge in [-0.05, 0) is 36.1 Å².